The number of hydrogen-bond donors (Lipinski definition) is 0. The molecule has 6 nitrogen and oxygen atoms in total. The molecule has 0 radical (unpaired) electrons. The van der Waals surface area contributed by atoms with Crippen molar-refractivity contribution in [3.8, 4) is 11.4 Å². The van der Waals surface area contributed by atoms with E-state index in [2.05, 4.69) is 15.1 Å². The first-order valence-electron chi connectivity index (χ1n) is 9.39. The lowest BCUT2D eigenvalue weighted by molar-refractivity contribution is 0.0696. The second-order valence-electron chi connectivity index (χ2n) is 7.09. The molecule has 1 atom stereocenters. The van der Waals surface area contributed by atoms with E-state index in [0.29, 0.717) is 35.9 Å². The minimum absolute atomic E-state index is 0.00303. The Morgan fingerprint density at radius 2 is 2.07 bits per heavy atom. The van der Waals surface area contributed by atoms with E-state index in [4.69, 9.17) is 4.52 Å². The summed E-state index contributed by atoms with van der Waals surface area (Å²) in [5, 5.41) is 4.03. The van der Waals surface area contributed by atoms with Gasteiger partial charge in [-0.15, -0.1) is 11.3 Å². The van der Waals surface area contributed by atoms with Crippen LogP contribution in [-0.4, -0.2) is 39.0 Å². The topological polar surface area (TPSA) is 72.1 Å². The quantitative estimate of drug-likeness (QED) is 0.499. The zero-order valence-electron chi connectivity index (χ0n) is 15.4. The highest BCUT2D eigenvalue weighted by atomic mass is 32.1. The summed E-state index contributed by atoms with van der Waals surface area (Å²) in [7, 11) is 0. The Kier molecular flexibility index (Phi) is 4.55. The van der Waals surface area contributed by atoms with E-state index in [1.54, 1.807) is 17.6 Å². The molecule has 4 aromatic rings. The highest BCUT2D eigenvalue weighted by Gasteiger charge is 2.29. The predicted octanol–water partition coefficient (Wildman–Crippen LogP) is 4.51. The largest absolute Gasteiger partial charge is 0.339 e. The van der Waals surface area contributed by atoms with Crippen LogP contribution in [0.15, 0.2) is 52.5 Å². The van der Waals surface area contributed by atoms with Gasteiger partial charge in [0.1, 0.15) is 5.82 Å². The van der Waals surface area contributed by atoms with E-state index in [-0.39, 0.29) is 17.6 Å². The molecular weight excluding hydrogens is 391 g/mol. The molecule has 5 rings (SSSR count). The number of carbonyl (C=O) groups is 1. The fraction of sp³-hybridized carbons (Fsp3) is 0.238. The summed E-state index contributed by atoms with van der Waals surface area (Å²) in [6.07, 6.45) is 1.75. The smallest absolute Gasteiger partial charge is 0.253 e. The van der Waals surface area contributed by atoms with Gasteiger partial charge in [-0.3, -0.25) is 4.79 Å². The van der Waals surface area contributed by atoms with E-state index >= 15 is 0 Å². The molecule has 1 aliphatic rings. The molecule has 3 heterocycles. The maximum absolute atomic E-state index is 13.1. The van der Waals surface area contributed by atoms with Crippen molar-refractivity contribution in [2.24, 2.45) is 0 Å². The molecule has 0 bridgehead atoms. The summed E-state index contributed by atoms with van der Waals surface area (Å²) in [5.74, 6) is 0.624. The van der Waals surface area contributed by atoms with Gasteiger partial charge in [0.25, 0.3) is 5.91 Å². The Labute approximate surface area is 170 Å². The van der Waals surface area contributed by atoms with E-state index in [0.717, 1.165) is 23.1 Å². The highest BCUT2D eigenvalue weighted by Crippen LogP contribution is 2.29. The van der Waals surface area contributed by atoms with E-state index in [1.165, 1.54) is 23.5 Å². The summed E-state index contributed by atoms with van der Waals surface area (Å²) in [5.41, 5.74) is 4.05. The summed E-state index contributed by atoms with van der Waals surface area (Å²) in [4.78, 5) is 23.6. The Bertz CT molecular complexity index is 1170. The van der Waals surface area contributed by atoms with Crippen molar-refractivity contribution in [3.05, 3.63) is 65.2 Å². The van der Waals surface area contributed by atoms with Gasteiger partial charge in [-0.2, -0.15) is 4.98 Å². The number of piperidine rings is 1. The van der Waals surface area contributed by atoms with Crippen molar-refractivity contribution in [1.82, 2.24) is 20.0 Å². The average molecular weight is 408 g/mol. The Balaban J connectivity index is 1.34. The molecule has 29 heavy (non-hydrogen) atoms. The first kappa shape index (κ1) is 17.9. The Hall–Kier alpha value is -3.13. The number of carbonyl (C=O) groups excluding carboxylic acids is 1. The maximum Gasteiger partial charge on any atom is 0.253 e. The Morgan fingerprint density at radius 3 is 2.93 bits per heavy atom. The van der Waals surface area contributed by atoms with Crippen LogP contribution in [0.25, 0.3) is 21.6 Å². The molecule has 2 aromatic carbocycles. The van der Waals surface area contributed by atoms with E-state index in [1.807, 2.05) is 23.1 Å². The molecule has 1 unspecified atom stereocenters. The molecule has 0 saturated carbocycles. The number of hydrogen-bond acceptors (Lipinski definition) is 6. The summed E-state index contributed by atoms with van der Waals surface area (Å²) in [6, 6.07) is 11.6. The standard InChI is InChI=1S/C21H17FN4O2S/c22-16-6-3-13(4-7-16)19-24-20(28-25-19)15-2-1-9-26(11-15)21(27)14-5-8-17-18(10-14)29-12-23-17/h3-8,10,12,15H,1-2,9,11H2. The first-order valence-corrected chi connectivity index (χ1v) is 10.3. The Morgan fingerprint density at radius 1 is 1.21 bits per heavy atom. The first-order chi connectivity index (χ1) is 14.2. The number of thiazole rings is 1. The van der Waals surface area contributed by atoms with Gasteiger partial charge in [0.05, 0.1) is 21.6 Å². The number of likely N-dealkylation sites (tertiary alicyclic amines) is 1. The molecule has 8 heteroatoms. The molecule has 0 aliphatic carbocycles. The minimum Gasteiger partial charge on any atom is -0.339 e. The van der Waals surface area contributed by atoms with Crippen LogP contribution in [0.5, 0.6) is 0 Å². The zero-order valence-corrected chi connectivity index (χ0v) is 16.2. The molecule has 1 amide bonds. The SMILES string of the molecule is O=C(c1ccc2ncsc2c1)N1CCCC(c2nc(-c3ccc(F)cc3)no2)C1. The van der Waals surface area contributed by atoms with Gasteiger partial charge in [-0.25, -0.2) is 9.37 Å². The molecule has 1 saturated heterocycles. The van der Waals surface area contributed by atoms with Crippen LogP contribution in [0.3, 0.4) is 0 Å². The lowest BCUT2D eigenvalue weighted by Gasteiger charge is -2.31. The van der Waals surface area contributed by atoms with Gasteiger partial charge in [-0.1, -0.05) is 5.16 Å². The normalized spacial score (nSPS) is 17.0. The molecular formula is C21H17FN4O2S. The van der Waals surface area contributed by atoms with Gasteiger partial charge in [-0.05, 0) is 55.3 Å². The third kappa shape index (κ3) is 3.51. The molecule has 0 spiro atoms. The second kappa shape index (κ2) is 7.36. The van der Waals surface area contributed by atoms with Crippen molar-refractivity contribution in [2.75, 3.05) is 13.1 Å². The monoisotopic (exact) mass is 408 g/mol. The van der Waals surface area contributed by atoms with Crippen LogP contribution in [-0.2, 0) is 0 Å². The number of fused-ring (bicyclic) bond motifs is 1. The van der Waals surface area contributed by atoms with Crippen LogP contribution < -0.4 is 0 Å². The van der Waals surface area contributed by atoms with Crippen molar-refractivity contribution in [2.45, 2.75) is 18.8 Å². The van der Waals surface area contributed by atoms with Crippen LogP contribution in [0.2, 0.25) is 0 Å². The van der Waals surface area contributed by atoms with E-state index in [9.17, 15) is 9.18 Å². The van der Waals surface area contributed by atoms with Crippen LogP contribution in [0.4, 0.5) is 4.39 Å². The number of benzene rings is 2. The minimum atomic E-state index is -0.310. The van der Waals surface area contributed by atoms with Gasteiger partial charge in [0.2, 0.25) is 11.7 Å². The number of nitrogens with zero attached hydrogens (tertiary/aromatic N) is 4. The van der Waals surface area contributed by atoms with Crippen LogP contribution in [0, 0.1) is 5.82 Å². The second-order valence-corrected chi connectivity index (χ2v) is 7.97. The number of halogens is 1. The predicted molar refractivity (Wildman–Crippen MR) is 107 cm³/mol. The number of rotatable bonds is 3. The highest BCUT2D eigenvalue weighted by molar-refractivity contribution is 7.16. The number of amides is 1. The van der Waals surface area contributed by atoms with Crippen molar-refractivity contribution in [3.63, 3.8) is 0 Å². The van der Waals surface area contributed by atoms with Crippen molar-refractivity contribution >= 4 is 27.5 Å². The molecule has 2 aromatic heterocycles. The van der Waals surface area contributed by atoms with Crippen LogP contribution >= 0.6 is 11.3 Å². The van der Waals surface area contributed by atoms with Gasteiger partial charge in [0.15, 0.2) is 0 Å². The van der Waals surface area contributed by atoms with Crippen molar-refractivity contribution < 1.29 is 13.7 Å². The average Bonchev–Trinajstić information content (AvgIpc) is 3.43. The molecule has 1 aliphatic heterocycles. The summed E-state index contributed by atoms with van der Waals surface area (Å²) >= 11 is 1.53. The zero-order chi connectivity index (χ0) is 19.8. The summed E-state index contributed by atoms with van der Waals surface area (Å²) in [6.45, 7) is 1.24. The summed E-state index contributed by atoms with van der Waals surface area (Å²) < 4.78 is 19.6. The fourth-order valence-electron chi connectivity index (χ4n) is 3.65. The molecule has 146 valence electrons. The fourth-order valence-corrected chi connectivity index (χ4v) is 4.37. The van der Waals surface area contributed by atoms with E-state index < -0.39 is 0 Å². The van der Waals surface area contributed by atoms with Gasteiger partial charge < -0.3 is 9.42 Å². The molecule has 0 N–H and O–H groups in total. The number of aromatic nitrogens is 3. The lowest BCUT2D eigenvalue weighted by Crippen LogP contribution is -2.39. The van der Waals surface area contributed by atoms with Crippen molar-refractivity contribution in [1.29, 1.82) is 0 Å². The lowest BCUT2D eigenvalue weighted by atomic mass is 9.97. The van der Waals surface area contributed by atoms with Gasteiger partial charge in [0, 0.05) is 24.2 Å². The third-order valence-electron chi connectivity index (χ3n) is 5.18. The van der Waals surface area contributed by atoms with Crippen LogP contribution in [0.1, 0.15) is 35.0 Å². The van der Waals surface area contributed by atoms with Gasteiger partial charge >= 0.3 is 0 Å². The third-order valence-corrected chi connectivity index (χ3v) is 5.97. The molecule has 1 fully saturated rings. The maximum atomic E-state index is 13.1.